The topological polar surface area (TPSA) is 115 Å². The van der Waals surface area contributed by atoms with Gasteiger partial charge in [0.2, 0.25) is 5.88 Å². The normalized spacial score (nSPS) is 16.3. The highest BCUT2D eigenvalue weighted by Crippen LogP contribution is 2.34. The van der Waals surface area contributed by atoms with Crippen molar-refractivity contribution in [3.8, 4) is 17.0 Å². The smallest absolute Gasteiger partial charge is 0.263 e. The zero-order chi connectivity index (χ0) is 32.4. The van der Waals surface area contributed by atoms with E-state index in [1.807, 2.05) is 33.9 Å². The summed E-state index contributed by atoms with van der Waals surface area (Å²) in [5.74, 6) is -0.613. The fourth-order valence-corrected chi connectivity index (χ4v) is 5.28. The summed E-state index contributed by atoms with van der Waals surface area (Å²) in [5, 5.41) is 6.54. The molecule has 1 aliphatic carbocycles. The zero-order valence-corrected chi connectivity index (χ0v) is 26.9. The predicted octanol–water partition coefficient (Wildman–Crippen LogP) is 5.25. The van der Waals surface area contributed by atoms with Gasteiger partial charge in [0, 0.05) is 48.6 Å². The van der Waals surface area contributed by atoms with Crippen molar-refractivity contribution < 1.29 is 23.5 Å². The van der Waals surface area contributed by atoms with E-state index in [9.17, 15) is 18.8 Å². The van der Waals surface area contributed by atoms with Crippen LogP contribution >= 0.6 is 11.6 Å². The molecule has 10 nitrogen and oxygen atoms in total. The quantitative estimate of drug-likeness (QED) is 0.278. The number of anilines is 1. The average Bonchev–Trinajstić information content (AvgIpc) is 3.83. The molecule has 2 aliphatic rings. The van der Waals surface area contributed by atoms with Crippen LogP contribution in [-0.2, 0) is 11.3 Å². The molecule has 5 rings (SSSR count). The van der Waals surface area contributed by atoms with Gasteiger partial charge in [0.15, 0.2) is 0 Å². The molecule has 2 N–H and O–H groups in total. The Morgan fingerprint density at radius 3 is 2.47 bits per heavy atom. The van der Waals surface area contributed by atoms with Crippen molar-refractivity contribution in [3.05, 3.63) is 74.7 Å². The molecule has 240 valence electrons. The lowest BCUT2D eigenvalue weighted by Crippen LogP contribution is -2.51. The van der Waals surface area contributed by atoms with Gasteiger partial charge in [0.1, 0.15) is 17.6 Å². The maximum Gasteiger partial charge on any atom is 0.263 e. The molecule has 2 aromatic heterocycles. The van der Waals surface area contributed by atoms with Crippen LogP contribution in [-0.4, -0.2) is 70.9 Å². The number of nitrogens with zero attached hydrogens (tertiary/aromatic N) is 3. The van der Waals surface area contributed by atoms with Gasteiger partial charge in [-0.05, 0) is 81.5 Å². The van der Waals surface area contributed by atoms with Gasteiger partial charge in [-0.25, -0.2) is 4.39 Å². The van der Waals surface area contributed by atoms with E-state index < -0.39 is 12.1 Å². The van der Waals surface area contributed by atoms with Crippen LogP contribution in [0, 0.1) is 0 Å². The molecule has 3 aromatic rings. The first-order chi connectivity index (χ1) is 21.4. The zero-order valence-electron chi connectivity index (χ0n) is 26.1. The fourth-order valence-electron chi connectivity index (χ4n) is 5.11. The predicted molar refractivity (Wildman–Crippen MR) is 171 cm³/mol. The van der Waals surface area contributed by atoms with Crippen molar-refractivity contribution in [2.45, 2.75) is 77.5 Å². The Morgan fingerprint density at radius 1 is 1.09 bits per heavy atom. The third-order valence-corrected chi connectivity index (χ3v) is 8.27. The number of rotatable bonds is 12. The highest BCUT2D eigenvalue weighted by atomic mass is 35.5. The number of carbonyl (C=O) groups is 2. The molecule has 0 radical (unpaired) electrons. The number of alkyl halides is 1. The van der Waals surface area contributed by atoms with E-state index in [4.69, 9.17) is 21.1 Å². The summed E-state index contributed by atoms with van der Waals surface area (Å²) in [5.41, 5.74) is 1.74. The molecule has 1 saturated carbocycles. The van der Waals surface area contributed by atoms with Gasteiger partial charge in [-0.1, -0.05) is 17.7 Å². The lowest BCUT2D eigenvalue weighted by Gasteiger charge is -2.34. The number of halogens is 2. The van der Waals surface area contributed by atoms with Crippen LogP contribution in [0.25, 0.3) is 11.1 Å². The molecule has 2 atom stereocenters. The van der Waals surface area contributed by atoms with Crippen LogP contribution < -0.4 is 20.9 Å². The molecule has 0 spiro atoms. The minimum atomic E-state index is -1.05. The summed E-state index contributed by atoms with van der Waals surface area (Å²) < 4.78 is 26.5. The molecule has 45 heavy (non-hydrogen) atoms. The molecule has 3 heterocycles. The van der Waals surface area contributed by atoms with Crippen LogP contribution in [0.4, 0.5) is 10.2 Å². The second-order valence-corrected chi connectivity index (χ2v) is 12.4. The summed E-state index contributed by atoms with van der Waals surface area (Å²) in [6.07, 6.45) is 2.25. The average molecular weight is 640 g/mol. The van der Waals surface area contributed by atoms with E-state index in [2.05, 4.69) is 15.6 Å². The van der Waals surface area contributed by atoms with Crippen LogP contribution in [0.1, 0.15) is 72.9 Å². The molecule has 0 bridgehead atoms. The van der Waals surface area contributed by atoms with Crippen molar-refractivity contribution in [1.29, 1.82) is 0 Å². The second-order valence-electron chi connectivity index (χ2n) is 12.0. The van der Waals surface area contributed by atoms with Crippen molar-refractivity contribution >= 4 is 29.2 Å². The van der Waals surface area contributed by atoms with Gasteiger partial charge in [0.25, 0.3) is 17.4 Å². The van der Waals surface area contributed by atoms with Gasteiger partial charge < -0.3 is 29.6 Å². The molecule has 2 fully saturated rings. The Bertz CT molecular complexity index is 1640. The Labute approximate surface area is 266 Å². The standard InChI is InChI=1S/C33H39ClFN5O5/c1-18(2)45-30-12-22(26-9-6-23(34)13-27(26)32(42)39-16-24(35)17-39)11-29(37-30)38-31(41)28-10-21(14-36-19(3)20(4)44-5)15-40(33(28)43)25-7-8-25/h6,9-13,15,18-20,24-25,36H,7-8,14,16-17H2,1-5H3,(H,37,38,41)/t19-,20-/m0/s1. The number of aromatic nitrogens is 2. The first kappa shape index (κ1) is 32.6. The Balaban J connectivity index is 1.48. The van der Waals surface area contributed by atoms with Crippen molar-refractivity contribution in [2.75, 3.05) is 25.5 Å². The molecule has 1 aromatic carbocycles. The lowest BCUT2D eigenvalue weighted by molar-refractivity contribution is 0.0401. The summed E-state index contributed by atoms with van der Waals surface area (Å²) in [4.78, 5) is 46.3. The number of methoxy groups -OCH3 is 1. The van der Waals surface area contributed by atoms with E-state index in [1.54, 1.807) is 48.1 Å². The van der Waals surface area contributed by atoms with Crippen molar-refractivity contribution in [2.24, 2.45) is 0 Å². The van der Waals surface area contributed by atoms with Crippen molar-refractivity contribution in [1.82, 2.24) is 19.8 Å². The number of pyridine rings is 2. The van der Waals surface area contributed by atoms with E-state index in [0.29, 0.717) is 22.7 Å². The maximum atomic E-state index is 13.7. The van der Waals surface area contributed by atoms with Gasteiger partial charge >= 0.3 is 0 Å². The van der Waals surface area contributed by atoms with Gasteiger partial charge in [-0.3, -0.25) is 14.4 Å². The van der Waals surface area contributed by atoms with Crippen LogP contribution in [0.15, 0.2) is 47.4 Å². The molecular formula is C33H39ClFN5O5. The third kappa shape index (κ3) is 7.71. The molecule has 1 aliphatic heterocycles. The summed E-state index contributed by atoms with van der Waals surface area (Å²) in [7, 11) is 1.65. The summed E-state index contributed by atoms with van der Waals surface area (Å²) in [6.45, 7) is 8.13. The number of hydrogen-bond acceptors (Lipinski definition) is 7. The minimum absolute atomic E-state index is 0.00639. The van der Waals surface area contributed by atoms with E-state index in [0.717, 1.165) is 18.4 Å². The van der Waals surface area contributed by atoms with E-state index in [-0.39, 0.29) is 71.7 Å². The van der Waals surface area contributed by atoms with Crippen molar-refractivity contribution in [3.63, 3.8) is 0 Å². The third-order valence-electron chi connectivity index (χ3n) is 8.04. The summed E-state index contributed by atoms with van der Waals surface area (Å²) >= 11 is 6.26. The fraction of sp³-hybridized carbons (Fsp3) is 0.455. The lowest BCUT2D eigenvalue weighted by atomic mass is 9.98. The largest absolute Gasteiger partial charge is 0.475 e. The number of amides is 2. The molecule has 0 unspecified atom stereocenters. The van der Waals surface area contributed by atoms with Gasteiger partial charge in [-0.2, -0.15) is 4.98 Å². The number of likely N-dealkylation sites (tertiary alicyclic amines) is 1. The Hall–Kier alpha value is -3.80. The first-order valence-corrected chi connectivity index (χ1v) is 15.6. The van der Waals surface area contributed by atoms with Gasteiger partial charge in [0.05, 0.1) is 25.3 Å². The van der Waals surface area contributed by atoms with Crippen LogP contribution in [0.5, 0.6) is 5.88 Å². The molecule has 2 amide bonds. The minimum Gasteiger partial charge on any atom is -0.475 e. The van der Waals surface area contributed by atoms with E-state index in [1.165, 1.54) is 4.90 Å². The van der Waals surface area contributed by atoms with E-state index >= 15 is 0 Å². The number of benzene rings is 1. The highest BCUT2D eigenvalue weighted by molar-refractivity contribution is 6.31. The second kappa shape index (κ2) is 13.7. The number of carbonyl (C=O) groups excluding carboxylic acids is 2. The maximum absolute atomic E-state index is 13.7. The molecular weight excluding hydrogens is 601 g/mol. The highest BCUT2D eigenvalue weighted by Gasteiger charge is 2.32. The molecule has 1 saturated heterocycles. The number of hydrogen-bond donors (Lipinski definition) is 2. The Morgan fingerprint density at radius 2 is 1.82 bits per heavy atom. The molecule has 12 heteroatoms. The SMILES string of the molecule is CO[C@@H](C)[C@H](C)NCc1cc(C(=O)Nc2cc(-c3ccc(Cl)cc3C(=O)N3CC(F)C3)cc(OC(C)C)n2)c(=O)n(C2CC2)c1. The first-order valence-electron chi connectivity index (χ1n) is 15.2. The number of ether oxygens (including phenoxy) is 2. The van der Waals surface area contributed by atoms with Crippen LogP contribution in [0.2, 0.25) is 5.02 Å². The van der Waals surface area contributed by atoms with Gasteiger partial charge in [-0.15, -0.1) is 0 Å². The Kier molecular flexibility index (Phi) is 9.91. The van der Waals surface area contributed by atoms with Crippen LogP contribution in [0.3, 0.4) is 0 Å². The summed E-state index contributed by atoms with van der Waals surface area (Å²) in [6, 6.07) is 9.87. The number of nitrogens with one attached hydrogen (secondary N) is 2. The monoisotopic (exact) mass is 639 g/mol.